The van der Waals surface area contributed by atoms with Crippen molar-refractivity contribution in [2.24, 2.45) is 0 Å². The molecule has 122 valence electrons. The highest BCUT2D eigenvalue weighted by Crippen LogP contribution is 2.15. The second kappa shape index (κ2) is 8.96. The topological polar surface area (TPSA) is 52.6 Å². The van der Waals surface area contributed by atoms with Gasteiger partial charge in [0.05, 0.1) is 12.6 Å². The second-order valence-electron chi connectivity index (χ2n) is 5.41. The van der Waals surface area contributed by atoms with Crippen molar-refractivity contribution in [1.82, 2.24) is 5.32 Å². The number of anilines is 1. The molecule has 4 nitrogen and oxygen atoms in total. The predicted octanol–water partition coefficient (Wildman–Crippen LogP) is 2.75. The van der Waals surface area contributed by atoms with Gasteiger partial charge in [0.25, 0.3) is 0 Å². The Labute approximate surface area is 137 Å². The van der Waals surface area contributed by atoms with Crippen LogP contribution in [0.1, 0.15) is 25.0 Å². The van der Waals surface area contributed by atoms with Crippen molar-refractivity contribution in [3.05, 3.63) is 66.2 Å². The zero-order chi connectivity index (χ0) is 16.5. The lowest BCUT2D eigenvalue weighted by Crippen LogP contribution is -2.37. The Balaban J connectivity index is 1.76. The maximum atomic E-state index is 12.1. The number of nitrogens with one attached hydrogen (secondary N) is 1. The maximum Gasteiger partial charge on any atom is 0.239 e. The van der Waals surface area contributed by atoms with Crippen LogP contribution in [0, 0.1) is 0 Å². The van der Waals surface area contributed by atoms with Crippen molar-refractivity contribution in [3.8, 4) is 0 Å². The van der Waals surface area contributed by atoms with E-state index in [2.05, 4.69) is 5.32 Å². The van der Waals surface area contributed by atoms with Crippen molar-refractivity contribution in [1.29, 1.82) is 0 Å². The van der Waals surface area contributed by atoms with Crippen molar-refractivity contribution in [2.45, 2.75) is 19.4 Å². The van der Waals surface area contributed by atoms with Gasteiger partial charge in [-0.25, -0.2) is 0 Å². The third kappa shape index (κ3) is 5.42. The predicted molar refractivity (Wildman–Crippen MR) is 93.4 cm³/mol. The number of rotatable bonds is 8. The summed E-state index contributed by atoms with van der Waals surface area (Å²) in [6.45, 7) is 3.58. The second-order valence-corrected chi connectivity index (χ2v) is 5.41. The van der Waals surface area contributed by atoms with Crippen molar-refractivity contribution in [3.63, 3.8) is 0 Å². The van der Waals surface area contributed by atoms with E-state index in [0.717, 1.165) is 17.8 Å². The molecule has 0 aliphatic heterocycles. The Bertz CT molecular complexity index is 587. The number of amides is 1. The summed E-state index contributed by atoms with van der Waals surface area (Å²) in [6, 6.07) is 19.4. The van der Waals surface area contributed by atoms with Gasteiger partial charge in [-0.2, -0.15) is 0 Å². The summed E-state index contributed by atoms with van der Waals surface area (Å²) < 4.78 is 0. The Morgan fingerprint density at radius 1 is 1.09 bits per heavy atom. The number of aliphatic hydroxyl groups is 1. The quantitative estimate of drug-likeness (QED) is 0.788. The molecule has 23 heavy (non-hydrogen) atoms. The van der Waals surface area contributed by atoms with Crippen LogP contribution in [0.2, 0.25) is 0 Å². The van der Waals surface area contributed by atoms with Crippen LogP contribution >= 0.6 is 0 Å². The van der Waals surface area contributed by atoms with Gasteiger partial charge in [-0.15, -0.1) is 0 Å². The SMILES string of the molecule is CCN(CC(=O)NCCC(O)c1ccccc1)c1ccccc1. The van der Waals surface area contributed by atoms with E-state index in [1.165, 1.54) is 0 Å². The highest BCUT2D eigenvalue weighted by atomic mass is 16.3. The Kier molecular flexibility index (Phi) is 6.63. The smallest absolute Gasteiger partial charge is 0.239 e. The minimum Gasteiger partial charge on any atom is -0.388 e. The molecule has 0 heterocycles. The van der Waals surface area contributed by atoms with E-state index in [4.69, 9.17) is 0 Å². The number of hydrogen-bond acceptors (Lipinski definition) is 3. The van der Waals surface area contributed by atoms with E-state index < -0.39 is 6.10 Å². The number of para-hydroxylation sites is 1. The average molecular weight is 312 g/mol. The molecular weight excluding hydrogens is 288 g/mol. The third-order valence-corrected chi connectivity index (χ3v) is 3.76. The van der Waals surface area contributed by atoms with Crippen LogP contribution in [0.5, 0.6) is 0 Å². The third-order valence-electron chi connectivity index (χ3n) is 3.76. The van der Waals surface area contributed by atoms with Gasteiger partial charge in [0, 0.05) is 18.8 Å². The molecular formula is C19H24N2O2. The standard InChI is InChI=1S/C19H24N2O2/c1-2-21(17-11-7-4-8-12-17)15-19(23)20-14-13-18(22)16-9-5-3-6-10-16/h3-12,18,22H,2,13-15H2,1H3,(H,20,23). The number of carbonyl (C=O) groups excluding carboxylic acids is 1. The summed E-state index contributed by atoms with van der Waals surface area (Å²) in [5, 5.41) is 13.0. The van der Waals surface area contributed by atoms with Crippen molar-refractivity contribution >= 4 is 11.6 Å². The van der Waals surface area contributed by atoms with Crippen LogP contribution in [-0.4, -0.2) is 30.6 Å². The molecule has 2 N–H and O–H groups in total. The molecule has 0 saturated heterocycles. The van der Waals surface area contributed by atoms with Gasteiger partial charge < -0.3 is 15.3 Å². The molecule has 4 heteroatoms. The van der Waals surface area contributed by atoms with Crippen LogP contribution in [-0.2, 0) is 4.79 Å². The van der Waals surface area contributed by atoms with E-state index in [1.54, 1.807) is 0 Å². The summed E-state index contributed by atoms with van der Waals surface area (Å²) in [6.07, 6.45) is -0.0411. The average Bonchev–Trinajstić information content (AvgIpc) is 2.61. The van der Waals surface area contributed by atoms with Crippen LogP contribution in [0.4, 0.5) is 5.69 Å². The van der Waals surface area contributed by atoms with Crippen LogP contribution in [0.15, 0.2) is 60.7 Å². The molecule has 2 aromatic rings. The minimum absolute atomic E-state index is 0.0315. The number of benzene rings is 2. The van der Waals surface area contributed by atoms with Crippen molar-refractivity contribution in [2.75, 3.05) is 24.5 Å². The van der Waals surface area contributed by atoms with E-state index >= 15 is 0 Å². The molecule has 2 rings (SSSR count). The maximum absolute atomic E-state index is 12.1. The molecule has 0 aliphatic carbocycles. The molecule has 2 aromatic carbocycles. The molecule has 0 spiro atoms. The summed E-state index contributed by atoms with van der Waals surface area (Å²) in [7, 11) is 0. The fourth-order valence-electron chi connectivity index (χ4n) is 2.44. The number of likely N-dealkylation sites (N-methyl/N-ethyl adjacent to an activating group) is 1. The van der Waals surface area contributed by atoms with Gasteiger partial charge in [0.2, 0.25) is 5.91 Å². The number of aliphatic hydroxyl groups excluding tert-OH is 1. The Morgan fingerprint density at radius 2 is 1.70 bits per heavy atom. The first-order chi connectivity index (χ1) is 11.2. The molecule has 0 radical (unpaired) electrons. The largest absolute Gasteiger partial charge is 0.388 e. The molecule has 1 amide bonds. The minimum atomic E-state index is -0.548. The van der Waals surface area contributed by atoms with Gasteiger partial charge in [-0.05, 0) is 31.0 Å². The lowest BCUT2D eigenvalue weighted by atomic mass is 10.1. The molecule has 0 aromatic heterocycles. The van der Waals surface area contributed by atoms with E-state index in [9.17, 15) is 9.90 Å². The number of hydrogen-bond donors (Lipinski definition) is 2. The molecule has 1 atom stereocenters. The zero-order valence-corrected chi connectivity index (χ0v) is 13.5. The van der Waals surface area contributed by atoms with Crippen LogP contribution < -0.4 is 10.2 Å². The summed E-state index contributed by atoms with van der Waals surface area (Å²) in [5.41, 5.74) is 1.91. The number of nitrogens with zero attached hydrogens (tertiary/aromatic N) is 1. The zero-order valence-electron chi connectivity index (χ0n) is 13.5. The van der Waals surface area contributed by atoms with Crippen LogP contribution in [0.3, 0.4) is 0 Å². The first-order valence-corrected chi connectivity index (χ1v) is 8.00. The van der Waals surface area contributed by atoms with Gasteiger partial charge in [-0.3, -0.25) is 4.79 Å². The highest BCUT2D eigenvalue weighted by molar-refractivity contribution is 5.81. The fraction of sp³-hybridized carbons (Fsp3) is 0.316. The lowest BCUT2D eigenvalue weighted by molar-refractivity contribution is -0.119. The summed E-state index contributed by atoms with van der Waals surface area (Å²) >= 11 is 0. The van der Waals surface area contributed by atoms with Gasteiger partial charge in [0.1, 0.15) is 0 Å². The van der Waals surface area contributed by atoms with E-state index in [0.29, 0.717) is 19.5 Å². The molecule has 1 unspecified atom stereocenters. The normalized spacial score (nSPS) is 11.7. The Hall–Kier alpha value is -2.33. The highest BCUT2D eigenvalue weighted by Gasteiger charge is 2.11. The monoisotopic (exact) mass is 312 g/mol. The number of carbonyl (C=O) groups is 1. The lowest BCUT2D eigenvalue weighted by Gasteiger charge is -2.22. The molecule has 0 bridgehead atoms. The van der Waals surface area contributed by atoms with E-state index in [-0.39, 0.29) is 5.91 Å². The molecule has 0 fully saturated rings. The Morgan fingerprint density at radius 3 is 2.30 bits per heavy atom. The first kappa shape index (κ1) is 17.0. The fourth-order valence-corrected chi connectivity index (χ4v) is 2.44. The van der Waals surface area contributed by atoms with Crippen LogP contribution in [0.25, 0.3) is 0 Å². The van der Waals surface area contributed by atoms with Gasteiger partial charge >= 0.3 is 0 Å². The van der Waals surface area contributed by atoms with Gasteiger partial charge in [0.15, 0.2) is 0 Å². The van der Waals surface area contributed by atoms with Crippen molar-refractivity contribution < 1.29 is 9.90 Å². The van der Waals surface area contributed by atoms with E-state index in [1.807, 2.05) is 72.5 Å². The first-order valence-electron chi connectivity index (χ1n) is 8.00. The molecule has 0 saturated carbocycles. The summed E-state index contributed by atoms with van der Waals surface area (Å²) in [5.74, 6) is -0.0315. The summed E-state index contributed by atoms with van der Waals surface area (Å²) in [4.78, 5) is 14.1. The van der Waals surface area contributed by atoms with Gasteiger partial charge in [-0.1, -0.05) is 48.5 Å². The molecule has 0 aliphatic rings.